The van der Waals surface area contributed by atoms with Crippen molar-refractivity contribution in [1.82, 2.24) is 5.32 Å². The fourth-order valence-electron chi connectivity index (χ4n) is 2.29. The van der Waals surface area contributed by atoms with Gasteiger partial charge in [-0.15, -0.1) is 0 Å². The molecule has 0 fully saturated rings. The molecule has 0 radical (unpaired) electrons. The third-order valence-corrected chi connectivity index (χ3v) is 3.90. The highest BCUT2D eigenvalue weighted by Gasteiger charge is 2.15. The van der Waals surface area contributed by atoms with Crippen molar-refractivity contribution in [3.05, 3.63) is 69.7 Å². The van der Waals surface area contributed by atoms with E-state index < -0.39 is 11.6 Å². The predicted octanol–water partition coefficient (Wildman–Crippen LogP) is 4.82. The van der Waals surface area contributed by atoms with Gasteiger partial charge in [-0.25, -0.2) is 8.78 Å². The van der Waals surface area contributed by atoms with Gasteiger partial charge in [0.05, 0.1) is 0 Å². The number of hydrogen-bond acceptors (Lipinski definition) is 1. The Morgan fingerprint density at radius 3 is 2.52 bits per heavy atom. The van der Waals surface area contributed by atoms with Crippen LogP contribution in [0.4, 0.5) is 8.78 Å². The lowest BCUT2D eigenvalue weighted by molar-refractivity contribution is 0.521. The molecule has 1 nitrogen and oxygen atoms in total. The van der Waals surface area contributed by atoms with E-state index in [4.69, 9.17) is 11.6 Å². The summed E-state index contributed by atoms with van der Waals surface area (Å²) < 4.78 is 26.8. The quantitative estimate of drug-likeness (QED) is 0.835. The first kappa shape index (κ1) is 15.9. The summed E-state index contributed by atoms with van der Waals surface area (Å²) in [5.74, 6) is -1.08. The summed E-state index contributed by atoms with van der Waals surface area (Å²) in [5, 5.41) is 4.01. The second-order valence-electron chi connectivity index (χ2n) is 5.06. The minimum absolute atomic E-state index is 0.0620. The number of nitrogens with one attached hydrogen (secondary N) is 1. The zero-order valence-electron chi connectivity index (χ0n) is 12.1. The molecule has 0 aromatic heterocycles. The first-order chi connectivity index (χ1) is 10.0. The monoisotopic (exact) mass is 309 g/mol. The van der Waals surface area contributed by atoms with E-state index in [9.17, 15) is 8.78 Å². The third kappa shape index (κ3) is 4.02. The van der Waals surface area contributed by atoms with Gasteiger partial charge in [0, 0.05) is 17.1 Å². The van der Waals surface area contributed by atoms with Gasteiger partial charge in [0.2, 0.25) is 0 Å². The van der Waals surface area contributed by atoms with Crippen LogP contribution in [-0.2, 0) is 6.42 Å². The lowest BCUT2D eigenvalue weighted by Crippen LogP contribution is -2.23. The molecule has 112 valence electrons. The van der Waals surface area contributed by atoms with E-state index in [0.29, 0.717) is 17.0 Å². The van der Waals surface area contributed by atoms with Gasteiger partial charge < -0.3 is 5.32 Å². The Labute approximate surface area is 128 Å². The van der Waals surface area contributed by atoms with Crippen LogP contribution in [0, 0.1) is 18.6 Å². The number of halogens is 3. The van der Waals surface area contributed by atoms with Crippen molar-refractivity contribution >= 4 is 11.6 Å². The van der Waals surface area contributed by atoms with Crippen molar-refractivity contribution in [3.8, 4) is 0 Å². The smallest absolute Gasteiger partial charge is 0.129 e. The maximum Gasteiger partial charge on any atom is 0.129 e. The molecule has 1 N–H and O–H groups in total. The van der Waals surface area contributed by atoms with E-state index in [-0.39, 0.29) is 6.04 Å². The highest BCUT2D eigenvalue weighted by molar-refractivity contribution is 6.31. The summed E-state index contributed by atoms with van der Waals surface area (Å²) in [6.45, 7) is 4.68. The number of benzene rings is 2. The second-order valence-corrected chi connectivity index (χ2v) is 5.47. The third-order valence-electron chi connectivity index (χ3n) is 3.49. The largest absolute Gasteiger partial charge is 0.310 e. The Balaban J connectivity index is 2.28. The highest BCUT2D eigenvalue weighted by atomic mass is 35.5. The lowest BCUT2D eigenvalue weighted by Gasteiger charge is -2.19. The molecule has 0 aliphatic rings. The Morgan fingerprint density at radius 1 is 1.14 bits per heavy atom. The number of rotatable bonds is 5. The average Bonchev–Trinajstić information content (AvgIpc) is 2.44. The van der Waals surface area contributed by atoms with Crippen LogP contribution in [-0.4, -0.2) is 6.54 Å². The Morgan fingerprint density at radius 2 is 1.90 bits per heavy atom. The fraction of sp³-hybridized carbons (Fsp3) is 0.294. The minimum Gasteiger partial charge on any atom is -0.310 e. The molecule has 2 aromatic rings. The highest BCUT2D eigenvalue weighted by Crippen LogP contribution is 2.25. The van der Waals surface area contributed by atoms with E-state index in [0.717, 1.165) is 23.7 Å². The van der Waals surface area contributed by atoms with Crippen LogP contribution < -0.4 is 5.32 Å². The average molecular weight is 310 g/mol. The molecule has 0 saturated heterocycles. The molecule has 0 aliphatic carbocycles. The van der Waals surface area contributed by atoms with E-state index in [2.05, 4.69) is 5.32 Å². The van der Waals surface area contributed by atoms with Gasteiger partial charge >= 0.3 is 0 Å². The summed E-state index contributed by atoms with van der Waals surface area (Å²) in [5.41, 5.74) is 2.49. The van der Waals surface area contributed by atoms with Crippen molar-refractivity contribution in [1.29, 1.82) is 0 Å². The van der Waals surface area contributed by atoms with E-state index in [1.165, 1.54) is 12.1 Å². The van der Waals surface area contributed by atoms with Crippen LogP contribution in [0.5, 0.6) is 0 Å². The van der Waals surface area contributed by atoms with Crippen molar-refractivity contribution in [2.45, 2.75) is 26.3 Å². The number of aryl methyl sites for hydroxylation is 1. The predicted molar refractivity (Wildman–Crippen MR) is 82.7 cm³/mol. The molecular formula is C17H18ClF2N. The van der Waals surface area contributed by atoms with Crippen LogP contribution >= 0.6 is 11.6 Å². The standard InChI is InChI=1S/C17H18ClF2N/c1-3-21-17(13-5-4-11(2)15(18)8-13)9-12-6-7-14(19)10-16(12)20/h4-8,10,17,21H,3,9H2,1-2H3. The van der Waals surface area contributed by atoms with Gasteiger partial charge in [-0.3, -0.25) is 0 Å². The molecule has 1 atom stereocenters. The first-order valence-corrected chi connectivity index (χ1v) is 7.32. The maximum atomic E-state index is 13.8. The lowest BCUT2D eigenvalue weighted by atomic mass is 9.97. The zero-order chi connectivity index (χ0) is 15.4. The van der Waals surface area contributed by atoms with Crippen molar-refractivity contribution < 1.29 is 8.78 Å². The van der Waals surface area contributed by atoms with E-state index in [1.54, 1.807) is 0 Å². The van der Waals surface area contributed by atoms with Gasteiger partial charge in [-0.05, 0) is 48.7 Å². The fourth-order valence-corrected chi connectivity index (χ4v) is 2.48. The van der Waals surface area contributed by atoms with Gasteiger partial charge in [0.25, 0.3) is 0 Å². The summed E-state index contributed by atoms with van der Waals surface area (Å²) >= 11 is 6.16. The van der Waals surface area contributed by atoms with Gasteiger partial charge in [0.1, 0.15) is 11.6 Å². The summed E-state index contributed by atoms with van der Waals surface area (Å²) in [7, 11) is 0. The van der Waals surface area contributed by atoms with Crippen LogP contribution in [0.25, 0.3) is 0 Å². The van der Waals surface area contributed by atoms with Crippen LogP contribution in [0.1, 0.15) is 29.7 Å². The molecule has 0 bridgehead atoms. The molecule has 0 saturated carbocycles. The summed E-state index contributed by atoms with van der Waals surface area (Å²) in [4.78, 5) is 0. The van der Waals surface area contributed by atoms with Crippen LogP contribution in [0.2, 0.25) is 5.02 Å². The molecule has 0 aliphatic heterocycles. The van der Waals surface area contributed by atoms with Gasteiger partial charge in [0.15, 0.2) is 0 Å². The van der Waals surface area contributed by atoms with Crippen molar-refractivity contribution in [2.75, 3.05) is 6.54 Å². The molecule has 0 spiro atoms. The Kier molecular flexibility index (Phi) is 5.32. The first-order valence-electron chi connectivity index (χ1n) is 6.94. The molecule has 0 amide bonds. The number of hydrogen-bond donors (Lipinski definition) is 1. The topological polar surface area (TPSA) is 12.0 Å². The van der Waals surface area contributed by atoms with Crippen molar-refractivity contribution in [2.24, 2.45) is 0 Å². The molecule has 2 aromatic carbocycles. The summed E-state index contributed by atoms with van der Waals surface area (Å²) in [6.07, 6.45) is 0.444. The molecular weight excluding hydrogens is 292 g/mol. The Hall–Kier alpha value is -1.45. The Bertz CT molecular complexity index is 628. The summed E-state index contributed by atoms with van der Waals surface area (Å²) in [6, 6.07) is 9.45. The van der Waals surface area contributed by atoms with Gasteiger partial charge in [-0.1, -0.05) is 36.7 Å². The molecule has 2 rings (SSSR count). The molecule has 21 heavy (non-hydrogen) atoms. The minimum atomic E-state index is -0.561. The SMILES string of the molecule is CCNC(Cc1ccc(F)cc1F)c1ccc(C)c(Cl)c1. The maximum absolute atomic E-state index is 13.8. The van der Waals surface area contributed by atoms with E-state index >= 15 is 0 Å². The van der Waals surface area contributed by atoms with Gasteiger partial charge in [-0.2, -0.15) is 0 Å². The van der Waals surface area contributed by atoms with Crippen LogP contribution in [0.3, 0.4) is 0 Å². The number of likely N-dealkylation sites (N-methyl/N-ethyl adjacent to an activating group) is 1. The second kappa shape index (κ2) is 7.01. The van der Waals surface area contributed by atoms with E-state index in [1.807, 2.05) is 32.0 Å². The zero-order valence-corrected chi connectivity index (χ0v) is 12.8. The molecule has 0 heterocycles. The molecule has 1 unspecified atom stereocenters. The van der Waals surface area contributed by atoms with Crippen LogP contribution in [0.15, 0.2) is 36.4 Å². The molecule has 4 heteroatoms. The van der Waals surface area contributed by atoms with Crippen molar-refractivity contribution in [3.63, 3.8) is 0 Å². The normalized spacial score (nSPS) is 12.4.